The Hall–Kier alpha value is -1.56. The molecule has 1 aromatic carbocycles. The van der Waals surface area contributed by atoms with Crippen LogP contribution in [0.3, 0.4) is 0 Å². The number of carbonyl (C=O) groups excluding carboxylic acids is 1. The maximum atomic E-state index is 12.3. The van der Waals surface area contributed by atoms with Crippen LogP contribution in [0.4, 0.5) is 0 Å². The second-order valence-electron chi connectivity index (χ2n) is 4.52. The van der Waals surface area contributed by atoms with E-state index in [1.54, 1.807) is 24.1 Å². The second kappa shape index (κ2) is 6.56. The van der Waals surface area contributed by atoms with Crippen LogP contribution in [0.15, 0.2) is 27.8 Å². The molecule has 6 heteroatoms. The van der Waals surface area contributed by atoms with Crippen LogP contribution in [0, 0.1) is 6.92 Å². The summed E-state index contributed by atoms with van der Waals surface area (Å²) in [5, 5.41) is 11.5. The molecule has 5 nitrogen and oxygen atoms in total. The topological polar surface area (TPSA) is 78.9 Å². The molecule has 0 aliphatic rings. The molecule has 0 aliphatic heterocycles. The van der Waals surface area contributed by atoms with Crippen molar-refractivity contribution in [2.45, 2.75) is 26.3 Å². The molecule has 104 valence electrons. The van der Waals surface area contributed by atoms with Gasteiger partial charge in [0.15, 0.2) is 0 Å². The fourth-order valence-corrected chi connectivity index (χ4v) is 1.99. The van der Waals surface area contributed by atoms with E-state index in [0.29, 0.717) is 12.0 Å². The molecule has 0 spiro atoms. The summed E-state index contributed by atoms with van der Waals surface area (Å²) in [6.45, 7) is 3.81. The van der Waals surface area contributed by atoms with Gasteiger partial charge in [0.25, 0.3) is 5.91 Å². The van der Waals surface area contributed by atoms with Gasteiger partial charge in [0, 0.05) is 29.5 Å². The Morgan fingerprint density at radius 1 is 1.58 bits per heavy atom. The molecular formula is C13H18BrN3O2. The fourth-order valence-electron chi connectivity index (χ4n) is 1.61. The van der Waals surface area contributed by atoms with Crippen LogP contribution in [0.25, 0.3) is 0 Å². The van der Waals surface area contributed by atoms with Crippen molar-refractivity contribution < 1.29 is 10.0 Å². The number of benzene rings is 1. The number of hydrogen-bond donors (Lipinski definition) is 2. The van der Waals surface area contributed by atoms with E-state index in [1.807, 2.05) is 19.9 Å². The van der Waals surface area contributed by atoms with E-state index in [-0.39, 0.29) is 17.8 Å². The van der Waals surface area contributed by atoms with Crippen molar-refractivity contribution in [3.8, 4) is 0 Å². The van der Waals surface area contributed by atoms with Gasteiger partial charge in [-0.2, -0.15) is 0 Å². The number of aryl methyl sites for hydroxylation is 1. The molecule has 0 saturated heterocycles. The van der Waals surface area contributed by atoms with E-state index in [9.17, 15) is 4.79 Å². The Balaban J connectivity index is 2.84. The van der Waals surface area contributed by atoms with Gasteiger partial charge in [-0.25, -0.2) is 0 Å². The number of nitrogens with two attached hydrogens (primary N) is 1. The Morgan fingerprint density at radius 3 is 2.74 bits per heavy atom. The monoisotopic (exact) mass is 327 g/mol. The molecule has 0 aliphatic carbocycles. The zero-order chi connectivity index (χ0) is 14.6. The van der Waals surface area contributed by atoms with E-state index in [1.165, 1.54) is 0 Å². The minimum atomic E-state index is -0.150. The molecule has 3 N–H and O–H groups in total. The highest BCUT2D eigenvalue weighted by Gasteiger charge is 2.19. The summed E-state index contributed by atoms with van der Waals surface area (Å²) in [6, 6.07) is 5.32. The molecule has 0 aromatic heterocycles. The molecule has 0 fully saturated rings. The van der Waals surface area contributed by atoms with Crippen molar-refractivity contribution in [2.24, 2.45) is 10.9 Å². The zero-order valence-corrected chi connectivity index (χ0v) is 12.8. The summed E-state index contributed by atoms with van der Waals surface area (Å²) in [4.78, 5) is 13.9. The van der Waals surface area contributed by atoms with Gasteiger partial charge in [-0.05, 0) is 31.5 Å². The van der Waals surface area contributed by atoms with Crippen molar-refractivity contribution in [2.75, 3.05) is 7.05 Å². The van der Waals surface area contributed by atoms with Crippen LogP contribution in [-0.4, -0.2) is 34.9 Å². The molecular weight excluding hydrogens is 310 g/mol. The number of hydrogen-bond acceptors (Lipinski definition) is 3. The summed E-state index contributed by atoms with van der Waals surface area (Å²) in [5.74, 6) is 0.0103. The normalized spacial score (nSPS) is 13.2. The van der Waals surface area contributed by atoms with Gasteiger partial charge < -0.3 is 15.8 Å². The molecule has 0 saturated carbocycles. The molecule has 0 bridgehead atoms. The Kier molecular flexibility index (Phi) is 5.35. The standard InChI is InChI=1S/C13H18BrN3O2/c1-8-4-5-10(7-11(8)14)13(18)17(3)9(2)6-12(15)16-19/h4-5,7,9,19H,6H2,1-3H3,(H2,15,16). The van der Waals surface area contributed by atoms with Gasteiger partial charge >= 0.3 is 0 Å². The molecule has 1 aromatic rings. The van der Waals surface area contributed by atoms with Crippen LogP contribution >= 0.6 is 15.9 Å². The third-order valence-electron chi connectivity index (χ3n) is 3.03. The van der Waals surface area contributed by atoms with Gasteiger partial charge in [0.2, 0.25) is 0 Å². The zero-order valence-electron chi connectivity index (χ0n) is 11.2. The molecule has 1 unspecified atom stereocenters. The largest absolute Gasteiger partial charge is 0.409 e. The van der Waals surface area contributed by atoms with Gasteiger partial charge in [-0.15, -0.1) is 0 Å². The Bertz CT molecular complexity index is 503. The van der Waals surface area contributed by atoms with Crippen molar-refractivity contribution >= 4 is 27.7 Å². The first kappa shape index (κ1) is 15.5. The van der Waals surface area contributed by atoms with Crippen LogP contribution in [0.5, 0.6) is 0 Å². The third kappa shape index (κ3) is 3.96. The molecule has 1 amide bonds. The highest BCUT2D eigenvalue weighted by atomic mass is 79.9. The minimum Gasteiger partial charge on any atom is -0.409 e. The van der Waals surface area contributed by atoms with Crippen molar-refractivity contribution in [3.05, 3.63) is 33.8 Å². The van der Waals surface area contributed by atoms with Crippen molar-refractivity contribution in [3.63, 3.8) is 0 Å². The van der Waals surface area contributed by atoms with E-state index in [0.717, 1.165) is 10.0 Å². The van der Waals surface area contributed by atoms with Crippen LogP contribution < -0.4 is 5.73 Å². The highest BCUT2D eigenvalue weighted by Crippen LogP contribution is 2.19. The average Bonchev–Trinajstić information content (AvgIpc) is 2.39. The number of halogens is 1. The summed E-state index contributed by atoms with van der Waals surface area (Å²) in [5.41, 5.74) is 7.13. The minimum absolute atomic E-state index is 0.0982. The number of amidine groups is 1. The first-order chi connectivity index (χ1) is 8.86. The Labute approximate surface area is 121 Å². The van der Waals surface area contributed by atoms with Crippen LogP contribution in [-0.2, 0) is 0 Å². The smallest absolute Gasteiger partial charge is 0.253 e. The van der Waals surface area contributed by atoms with Crippen molar-refractivity contribution in [1.82, 2.24) is 4.90 Å². The van der Waals surface area contributed by atoms with E-state index < -0.39 is 0 Å². The lowest BCUT2D eigenvalue weighted by Gasteiger charge is -2.24. The third-order valence-corrected chi connectivity index (χ3v) is 3.89. The quantitative estimate of drug-likeness (QED) is 0.385. The summed E-state index contributed by atoms with van der Waals surface area (Å²) >= 11 is 3.41. The number of oxime groups is 1. The van der Waals surface area contributed by atoms with E-state index in [4.69, 9.17) is 10.9 Å². The molecule has 0 heterocycles. The summed E-state index contributed by atoms with van der Waals surface area (Å²) in [6.07, 6.45) is 0.325. The lowest BCUT2D eigenvalue weighted by Crippen LogP contribution is -2.37. The second-order valence-corrected chi connectivity index (χ2v) is 5.38. The highest BCUT2D eigenvalue weighted by molar-refractivity contribution is 9.10. The van der Waals surface area contributed by atoms with Crippen LogP contribution in [0.1, 0.15) is 29.3 Å². The number of carbonyl (C=O) groups is 1. The van der Waals surface area contributed by atoms with Crippen LogP contribution in [0.2, 0.25) is 0 Å². The number of nitrogens with zero attached hydrogens (tertiary/aromatic N) is 2. The van der Waals surface area contributed by atoms with Crippen molar-refractivity contribution in [1.29, 1.82) is 0 Å². The predicted molar refractivity (Wildman–Crippen MR) is 78.5 cm³/mol. The number of amides is 1. The first-order valence-corrected chi connectivity index (χ1v) is 6.65. The van der Waals surface area contributed by atoms with Gasteiger partial charge in [0.05, 0.1) is 0 Å². The Morgan fingerprint density at radius 2 is 2.21 bits per heavy atom. The first-order valence-electron chi connectivity index (χ1n) is 5.86. The lowest BCUT2D eigenvalue weighted by atomic mass is 10.1. The fraction of sp³-hybridized carbons (Fsp3) is 0.385. The number of rotatable bonds is 4. The van der Waals surface area contributed by atoms with E-state index >= 15 is 0 Å². The van der Waals surface area contributed by atoms with Gasteiger partial charge in [0.1, 0.15) is 5.84 Å². The lowest BCUT2D eigenvalue weighted by molar-refractivity contribution is 0.0747. The molecule has 0 radical (unpaired) electrons. The van der Waals surface area contributed by atoms with Gasteiger partial charge in [-0.1, -0.05) is 27.2 Å². The maximum Gasteiger partial charge on any atom is 0.253 e. The molecule has 1 rings (SSSR count). The maximum absolute atomic E-state index is 12.3. The predicted octanol–water partition coefficient (Wildman–Crippen LogP) is 2.35. The SMILES string of the molecule is Cc1ccc(C(=O)N(C)C(C)C/C(N)=N/O)cc1Br. The molecule has 19 heavy (non-hydrogen) atoms. The van der Waals surface area contributed by atoms with E-state index in [2.05, 4.69) is 21.1 Å². The average molecular weight is 328 g/mol. The summed E-state index contributed by atoms with van der Waals surface area (Å²) in [7, 11) is 1.70. The molecule has 1 atom stereocenters. The summed E-state index contributed by atoms with van der Waals surface area (Å²) < 4.78 is 0.899. The van der Waals surface area contributed by atoms with Gasteiger partial charge in [-0.3, -0.25) is 4.79 Å².